The Morgan fingerprint density at radius 3 is 2.60 bits per heavy atom. The number of hydrogen-bond acceptors (Lipinski definition) is 7. The van der Waals surface area contributed by atoms with Gasteiger partial charge in [-0.05, 0) is 37.0 Å². The minimum atomic E-state index is -3.53. The highest BCUT2D eigenvalue weighted by atomic mass is 32.2. The van der Waals surface area contributed by atoms with E-state index in [9.17, 15) is 22.8 Å². The summed E-state index contributed by atoms with van der Waals surface area (Å²) >= 11 is 1.34. The van der Waals surface area contributed by atoms with Crippen molar-refractivity contribution in [3.8, 4) is 0 Å². The number of fused-ring (bicyclic) bond motifs is 3. The molecular formula is C31H37N5O5S2. The predicted octanol–water partition coefficient (Wildman–Crippen LogP) is 2.67. The third-order valence-corrected chi connectivity index (χ3v) is 11.6. The molecule has 0 spiro atoms. The number of amidine groups is 1. The number of nitrogens with one attached hydrogen (secondary N) is 3. The molecule has 1 aromatic carbocycles. The van der Waals surface area contributed by atoms with Gasteiger partial charge in [0, 0.05) is 45.5 Å². The largest absolute Gasteiger partial charge is 0.384 e. The molecule has 5 rings (SSSR count). The lowest BCUT2D eigenvalue weighted by Gasteiger charge is -2.27. The summed E-state index contributed by atoms with van der Waals surface area (Å²) in [6.45, 7) is 5.65. The molecule has 5 N–H and O–H groups in total. The summed E-state index contributed by atoms with van der Waals surface area (Å²) in [6, 6.07) is 8.53. The standard InChI is InChI=1S/C31H37N5O5S2/c1-17(26-12-19(16-42-26)28(32)33)35-30(39)25-13-20(43(4,40)41)15-36(25)27(37)14-34-29(38)18-9-10-24-22(11-18)21-7-5-6-8-23(21)31(24,2)3/h5-10,12,16-17,20,22,25H,11,13-15H2,1-4H3,(H3,32,33)(H,34,38)(H,35,39)/t17-,20-,22?,25?/m1/s1. The Balaban J connectivity index is 1.26. The quantitative estimate of drug-likeness (QED) is 0.261. The molecule has 1 saturated heterocycles. The van der Waals surface area contributed by atoms with E-state index in [-0.39, 0.29) is 42.6 Å². The van der Waals surface area contributed by atoms with Crippen molar-refractivity contribution in [1.29, 1.82) is 5.41 Å². The van der Waals surface area contributed by atoms with Gasteiger partial charge in [0.05, 0.1) is 17.8 Å². The van der Waals surface area contributed by atoms with E-state index in [0.29, 0.717) is 17.6 Å². The van der Waals surface area contributed by atoms with Crippen molar-refractivity contribution in [2.45, 2.75) is 62.3 Å². The van der Waals surface area contributed by atoms with E-state index in [1.807, 2.05) is 24.3 Å². The number of nitrogens with zero attached hydrogens (tertiary/aromatic N) is 1. The highest BCUT2D eigenvalue weighted by molar-refractivity contribution is 7.91. The van der Waals surface area contributed by atoms with Gasteiger partial charge >= 0.3 is 0 Å². The third-order valence-electron chi connectivity index (χ3n) is 8.89. The highest BCUT2D eigenvalue weighted by Crippen LogP contribution is 2.53. The summed E-state index contributed by atoms with van der Waals surface area (Å²) in [5, 5.41) is 14.0. The van der Waals surface area contributed by atoms with Gasteiger partial charge in [-0.15, -0.1) is 11.3 Å². The Morgan fingerprint density at radius 2 is 1.93 bits per heavy atom. The van der Waals surface area contributed by atoms with Gasteiger partial charge in [0.15, 0.2) is 9.84 Å². The van der Waals surface area contributed by atoms with Crippen molar-refractivity contribution in [3.63, 3.8) is 0 Å². The Hall–Kier alpha value is -3.77. The second-order valence-corrected chi connectivity index (χ2v) is 15.4. The molecule has 3 amide bonds. The predicted molar refractivity (Wildman–Crippen MR) is 167 cm³/mol. The smallest absolute Gasteiger partial charge is 0.247 e. The number of thiophene rings is 1. The summed E-state index contributed by atoms with van der Waals surface area (Å²) in [7, 11) is -3.53. The second-order valence-electron chi connectivity index (χ2n) is 12.1. The minimum absolute atomic E-state index is 0.0319. The highest BCUT2D eigenvalue weighted by Gasteiger charge is 2.45. The molecule has 2 heterocycles. The van der Waals surface area contributed by atoms with Crippen LogP contribution in [0.4, 0.5) is 0 Å². The van der Waals surface area contributed by atoms with Gasteiger partial charge in [-0.1, -0.05) is 55.8 Å². The Morgan fingerprint density at radius 1 is 1.21 bits per heavy atom. The Bertz CT molecular complexity index is 1670. The molecule has 12 heteroatoms. The van der Waals surface area contributed by atoms with E-state index in [1.54, 1.807) is 18.4 Å². The van der Waals surface area contributed by atoms with Crippen molar-refractivity contribution in [2.75, 3.05) is 19.3 Å². The molecule has 1 fully saturated rings. The number of sulfone groups is 1. The van der Waals surface area contributed by atoms with Gasteiger partial charge in [0.1, 0.15) is 11.9 Å². The van der Waals surface area contributed by atoms with Crippen molar-refractivity contribution in [3.05, 3.63) is 80.6 Å². The summed E-state index contributed by atoms with van der Waals surface area (Å²) in [5.74, 6) is -1.36. The maximum atomic E-state index is 13.4. The van der Waals surface area contributed by atoms with Crippen LogP contribution in [0.3, 0.4) is 0 Å². The maximum absolute atomic E-state index is 13.4. The molecule has 0 radical (unpaired) electrons. The Kier molecular flexibility index (Phi) is 8.12. The lowest BCUT2D eigenvalue weighted by Crippen LogP contribution is -2.49. The lowest BCUT2D eigenvalue weighted by atomic mass is 9.77. The summed E-state index contributed by atoms with van der Waals surface area (Å²) in [5.41, 5.74) is 10.3. The number of nitrogen functional groups attached to an aromatic ring is 1. The maximum Gasteiger partial charge on any atom is 0.247 e. The van der Waals surface area contributed by atoms with E-state index >= 15 is 0 Å². The van der Waals surface area contributed by atoms with Gasteiger partial charge in [0.25, 0.3) is 0 Å². The van der Waals surface area contributed by atoms with E-state index in [1.165, 1.54) is 32.9 Å². The lowest BCUT2D eigenvalue weighted by molar-refractivity contribution is -0.138. The van der Waals surface area contributed by atoms with Crippen LogP contribution in [0.15, 0.2) is 59.0 Å². The van der Waals surface area contributed by atoms with E-state index in [2.05, 4.69) is 36.6 Å². The third kappa shape index (κ3) is 5.90. The Labute approximate surface area is 255 Å². The molecule has 228 valence electrons. The number of benzene rings is 1. The van der Waals surface area contributed by atoms with Crippen LogP contribution in [-0.2, 0) is 29.6 Å². The van der Waals surface area contributed by atoms with Crippen LogP contribution < -0.4 is 16.4 Å². The van der Waals surface area contributed by atoms with E-state index in [0.717, 1.165) is 11.1 Å². The first-order chi connectivity index (χ1) is 20.2. The first-order valence-corrected chi connectivity index (χ1v) is 17.0. The van der Waals surface area contributed by atoms with E-state index in [4.69, 9.17) is 11.1 Å². The number of likely N-dealkylation sites (tertiary alicyclic amines) is 1. The van der Waals surface area contributed by atoms with Gasteiger partial charge in [-0.3, -0.25) is 19.8 Å². The fourth-order valence-corrected chi connectivity index (χ4v) is 8.30. The number of carbonyl (C=O) groups is 3. The first-order valence-electron chi connectivity index (χ1n) is 14.2. The fourth-order valence-electron chi connectivity index (χ4n) is 6.42. The monoisotopic (exact) mass is 623 g/mol. The van der Waals surface area contributed by atoms with Crippen LogP contribution in [0.1, 0.15) is 67.1 Å². The molecule has 2 unspecified atom stereocenters. The number of nitrogens with two attached hydrogens (primary N) is 1. The number of carbonyl (C=O) groups excluding carboxylic acids is 3. The van der Waals surface area contributed by atoms with E-state index < -0.39 is 39.0 Å². The zero-order valence-corrected chi connectivity index (χ0v) is 26.3. The molecule has 43 heavy (non-hydrogen) atoms. The molecule has 4 atom stereocenters. The normalized spacial score (nSPS) is 23.0. The molecular weight excluding hydrogens is 587 g/mol. The minimum Gasteiger partial charge on any atom is -0.384 e. The van der Waals surface area contributed by atoms with Crippen LogP contribution in [0.2, 0.25) is 0 Å². The fraction of sp³-hybridized carbons (Fsp3) is 0.419. The average molecular weight is 624 g/mol. The van der Waals surface area contributed by atoms with Crippen LogP contribution in [-0.4, -0.2) is 67.5 Å². The van der Waals surface area contributed by atoms with Crippen molar-refractivity contribution in [2.24, 2.45) is 5.73 Å². The van der Waals surface area contributed by atoms with Crippen LogP contribution in [0.25, 0.3) is 0 Å². The second kappa shape index (κ2) is 11.4. The molecule has 10 nitrogen and oxygen atoms in total. The summed E-state index contributed by atoms with van der Waals surface area (Å²) in [4.78, 5) is 41.9. The summed E-state index contributed by atoms with van der Waals surface area (Å²) in [6.07, 6.45) is 5.41. The summed E-state index contributed by atoms with van der Waals surface area (Å²) < 4.78 is 24.8. The molecule has 2 aromatic rings. The van der Waals surface area contributed by atoms with Crippen molar-refractivity contribution < 1.29 is 22.8 Å². The first kappa shape index (κ1) is 30.7. The number of amides is 3. The number of rotatable bonds is 8. The zero-order valence-electron chi connectivity index (χ0n) is 24.6. The molecule has 1 aliphatic heterocycles. The molecule has 3 aliphatic rings. The molecule has 0 bridgehead atoms. The average Bonchev–Trinajstić information content (AvgIpc) is 3.68. The molecule has 0 saturated carbocycles. The van der Waals surface area contributed by atoms with Gasteiger partial charge < -0.3 is 21.3 Å². The molecule has 1 aromatic heterocycles. The SMILES string of the molecule is C[C@@H](NC(=O)C1C[C@@H](S(C)(=O)=O)CN1C(=O)CNC(=O)C1=CC=C2C(C1)c1ccccc1C2(C)C)c1cc(C(=N)N)cs1. The van der Waals surface area contributed by atoms with Gasteiger partial charge in [0.2, 0.25) is 17.7 Å². The van der Waals surface area contributed by atoms with Gasteiger partial charge in [-0.25, -0.2) is 8.42 Å². The number of allylic oxidation sites excluding steroid dienone is 3. The topological polar surface area (TPSA) is 163 Å². The molecule has 2 aliphatic carbocycles. The van der Waals surface area contributed by atoms with Crippen LogP contribution in [0.5, 0.6) is 0 Å². The number of hydrogen-bond donors (Lipinski definition) is 4. The van der Waals surface area contributed by atoms with Crippen molar-refractivity contribution >= 4 is 44.7 Å². The van der Waals surface area contributed by atoms with Crippen LogP contribution in [0, 0.1) is 5.41 Å². The zero-order chi connectivity index (χ0) is 31.3. The van der Waals surface area contributed by atoms with Crippen molar-refractivity contribution in [1.82, 2.24) is 15.5 Å². The van der Waals surface area contributed by atoms with Gasteiger partial charge in [-0.2, -0.15) is 0 Å². The van der Waals surface area contributed by atoms with Crippen LogP contribution >= 0.6 is 11.3 Å².